The number of rotatable bonds is 5. The highest BCUT2D eigenvalue weighted by molar-refractivity contribution is 6.31. The van der Waals surface area contributed by atoms with Crippen molar-refractivity contribution in [2.24, 2.45) is 0 Å². The van der Waals surface area contributed by atoms with Crippen LogP contribution in [-0.2, 0) is 6.42 Å². The van der Waals surface area contributed by atoms with Gasteiger partial charge in [-0.2, -0.15) is 0 Å². The number of nitrogens with one attached hydrogen (secondary N) is 1. The summed E-state index contributed by atoms with van der Waals surface area (Å²) in [6.45, 7) is 5.08. The predicted octanol–water partition coefficient (Wildman–Crippen LogP) is 5.20. The number of likely N-dealkylation sites (N-methyl/N-ethyl adjacent to an activating group) is 1. The van der Waals surface area contributed by atoms with Crippen LogP contribution in [0.15, 0.2) is 42.5 Å². The van der Waals surface area contributed by atoms with Crippen LogP contribution in [0.2, 0.25) is 10.0 Å². The van der Waals surface area contributed by atoms with Gasteiger partial charge in [-0.25, -0.2) is 0 Å². The van der Waals surface area contributed by atoms with Gasteiger partial charge in [-0.05, 0) is 54.8 Å². The van der Waals surface area contributed by atoms with Gasteiger partial charge >= 0.3 is 0 Å². The van der Waals surface area contributed by atoms with Gasteiger partial charge in [0.2, 0.25) is 0 Å². The van der Waals surface area contributed by atoms with E-state index in [1.165, 1.54) is 11.1 Å². The van der Waals surface area contributed by atoms with Crippen molar-refractivity contribution in [2.75, 3.05) is 6.54 Å². The first kappa shape index (κ1) is 15.4. The molecule has 0 amide bonds. The summed E-state index contributed by atoms with van der Waals surface area (Å²) in [5, 5.41) is 5.12. The highest BCUT2D eigenvalue weighted by atomic mass is 35.5. The molecule has 2 aromatic carbocycles. The van der Waals surface area contributed by atoms with Crippen LogP contribution in [-0.4, -0.2) is 6.54 Å². The fraction of sp³-hybridized carbons (Fsp3) is 0.294. The first-order valence-corrected chi connectivity index (χ1v) is 7.59. The van der Waals surface area contributed by atoms with Crippen molar-refractivity contribution >= 4 is 23.2 Å². The molecule has 0 heterocycles. The molecule has 2 aromatic rings. The molecule has 0 saturated carbocycles. The van der Waals surface area contributed by atoms with Crippen LogP contribution in [0, 0.1) is 6.92 Å². The molecule has 2 rings (SSSR count). The third-order valence-corrected chi connectivity index (χ3v) is 4.02. The maximum absolute atomic E-state index is 6.11. The molecule has 3 heteroatoms. The SMILES string of the molecule is CCNC(Cc1cccc(Cl)c1)c1ccc(Cl)c(C)c1. The van der Waals surface area contributed by atoms with Crippen molar-refractivity contribution in [3.05, 3.63) is 69.2 Å². The summed E-state index contributed by atoms with van der Waals surface area (Å²) in [6, 6.07) is 14.5. The molecule has 20 heavy (non-hydrogen) atoms. The van der Waals surface area contributed by atoms with Crippen molar-refractivity contribution in [2.45, 2.75) is 26.3 Å². The molecule has 0 fully saturated rings. The minimum atomic E-state index is 0.273. The molecule has 0 aromatic heterocycles. The summed E-state index contributed by atoms with van der Waals surface area (Å²) < 4.78 is 0. The van der Waals surface area contributed by atoms with Crippen LogP contribution in [0.3, 0.4) is 0 Å². The Morgan fingerprint density at radius 1 is 1.10 bits per heavy atom. The summed E-state index contributed by atoms with van der Waals surface area (Å²) in [5.41, 5.74) is 3.60. The third kappa shape index (κ3) is 3.99. The van der Waals surface area contributed by atoms with Crippen molar-refractivity contribution in [3.63, 3.8) is 0 Å². The van der Waals surface area contributed by atoms with Crippen LogP contribution in [0.4, 0.5) is 0 Å². The van der Waals surface area contributed by atoms with Crippen molar-refractivity contribution < 1.29 is 0 Å². The molecule has 1 unspecified atom stereocenters. The van der Waals surface area contributed by atoms with E-state index >= 15 is 0 Å². The number of aryl methyl sites for hydroxylation is 1. The average Bonchev–Trinajstić information content (AvgIpc) is 2.41. The standard InChI is InChI=1S/C17H19Cl2N/c1-3-20-17(11-13-5-4-6-15(18)10-13)14-7-8-16(19)12(2)9-14/h4-10,17,20H,3,11H2,1-2H3. The monoisotopic (exact) mass is 307 g/mol. The van der Waals surface area contributed by atoms with Gasteiger partial charge in [0.25, 0.3) is 0 Å². The van der Waals surface area contributed by atoms with Gasteiger partial charge in [0.15, 0.2) is 0 Å². The minimum absolute atomic E-state index is 0.273. The first-order valence-electron chi connectivity index (χ1n) is 6.84. The van der Waals surface area contributed by atoms with E-state index in [-0.39, 0.29) is 6.04 Å². The Morgan fingerprint density at radius 3 is 2.55 bits per heavy atom. The van der Waals surface area contributed by atoms with Crippen molar-refractivity contribution in [3.8, 4) is 0 Å². The van der Waals surface area contributed by atoms with Gasteiger partial charge in [-0.1, -0.05) is 54.4 Å². The molecule has 106 valence electrons. The van der Waals surface area contributed by atoms with Crippen LogP contribution >= 0.6 is 23.2 Å². The second-order valence-corrected chi connectivity index (χ2v) is 5.80. The summed E-state index contributed by atoms with van der Waals surface area (Å²) in [6.07, 6.45) is 0.912. The summed E-state index contributed by atoms with van der Waals surface area (Å²) in [4.78, 5) is 0. The molecule has 0 saturated heterocycles. The third-order valence-electron chi connectivity index (χ3n) is 3.36. The lowest BCUT2D eigenvalue weighted by Crippen LogP contribution is -2.23. The molecule has 0 aliphatic rings. The second kappa shape index (κ2) is 7.12. The van der Waals surface area contributed by atoms with Gasteiger partial charge in [0, 0.05) is 16.1 Å². The molecular weight excluding hydrogens is 289 g/mol. The molecular formula is C17H19Cl2N. The van der Waals surface area contributed by atoms with E-state index in [4.69, 9.17) is 23.2 Å². The summed E-state index contributed by atoms with van der Waals surface area (Å²) in [7, 11) is 0. The van der Waals surface area contributed by atoms with E-state index in [1.54, 1.807) is 0 Å². The lowest BCUT2D eigenvalue weighted by Gasteiger charge is -2.19. The van der Waals surface area contributed by atoms with E-state index in [1.807, 2.05) is 31.2 Å². The highest BCUT2D eigenvalue weighted by Crippen LogP contribution is 2.24. The van der Waals surface area contributed by atoms with Crippen LogP contribution in [0.25, 0.3) is 0 Å². The van der Waals surface area contributed by atoms with E-state index < -0.39 is 0 Å². The average molecular weight is 308 g/mol. The van der Waals surface area contributed by atoms with Gasteiger partial charge in [0.1, 0.15) is 0 Å². The maximum Gasteiger partial charge on any atom is 0.0435 e. The van der Waals surface area contributed by atoms with Crippen molar-refractivity contribution in [1.29, 1.82) is 0 Å². The molecule has 0 radical (unpaired) electrons. The molecule has 1 nitrogen and oxygen atoms in total. The number of hydrogen-bond acceptors (Lipinski definition) is 1. The summed E-state index contributed by atoms with van der Waals surface area (Å²) in [5.74, 6) is 0. The molecule has 0 aliphatic carbocycles. The van der Waals surface area contributed by atoms with Gasteiger partial charge in [0.05, 0.1) is 0 Å². The second-order valence-electron chi connectivity index (χ2n) is 4.95. The minimum Gasteiger partial charge on any atom is -0.310 e. The lowest BCUT2D eigenvalue weighted by molar-refractivity contribution is 0.549. The zero-order chi connectivity index (χ0) is 14.5. The number of halogens is 2. The highest BCUT2D eigenvalue weighted by Gasteiger charge is 2.12. The van der Waals surface area contributed by atoms with Gasteiger partial charge < -0.3 is 5.32 Å². The fourth-order valence-electron chi connectivity index (χ4n) is 2.34. The largest absolute Gasteiger partial charge is 0.310 e. The maximum atomic E-state index is 6.11. The van der Waals surface area contributed by atoms with Crippen molar-refractivity contribution in [1.82, 2.24) is 5.32 Å². The van der Waals surface area contributed by atoms with Crippen LogP contribution < -0.4 is 5.32 Å². The smallest absolute Gasteiger partial charge is 0.0435 e. The predicted molar refractivity (Wildman–Crippen MR) is 87.8 cm³/mol. The van der Waals surface area contributed by atoms with Gasteiger partial charge in [-0.3, -0.25) is 0 Å². The molecule has 0 aliphatic heterocycles. The fourth-order valence-corrected chi connectivity index (χ4v) is 2.67. The zero-order valence-electron chi connectivity index (χ0n) is 11.8. The Morgan fingerprint density at radius 2 is 1.90 bits per heavy atom. The Hall–Kier alpha value is -1.02. The normalized spacial score (nSPS) is 12.4. The Bertz CT molecular complexity index is 581. The molecule has 1 atom stereocenters. The number of benzene rings is 2. The van der Waals surface area contributed by atoms with Crippen LogP contribution in [0.5, 0.6) is 0 Å². The molecule has 1 N–H and O–H groups in total. The topological polar surface area (TPSA) is 12.0 Å². The van der Waals surface area contributed by atoms with Gasteiger partial charge in [-0.15, -0.1) is 0 Å². The van der Waals surface area contributed by atoms with E-state index in [9.17, 15) is 0 Å². The van der Waals surface area contributed by atoms with Crippen LogP contribution in [0.1, 0.15) is 29.7 Å². The van der Waals surface area contributed by atoms with E-state index in [0.29, 0.717) is 0 Å². The molecule has 0 bridgehead atoms. The Kier molecular flexibility index (Phi) is 5.47. The lowest BCUT2D eigenvalue weighted by atomic mass is 9.97. The first-order chi connectivity index (χ1) is 9.60. The quantitative estimate of drug-likeness (QED) is 0.801. The molecule has 0 spiro atoms. The Balaban J connectivity index is 2.24. The van der Waals surface area contributed by atoms with E-state index in [0.717, 1.165) is 28.6 Å². The van der Waals surface area contributed by atoms with E-state index in [2.05, 4.69) is 30.4 Å². The number of hydrogen-bond donors (Lipinski definition) is 1. The Labute approximate surface area is 130 Å². The zero-order valence-corrected chi connectivity index (χ0v) is 13.3. The summed E-state index contributed by atoms with van der Waals surface area (Å²) >= 11 is 12.2.